The van der Waals surface area contributed by atoms with Crippen LogP contribution in [0.3, 0.4) is 0 Å². The van der Waals surface area contributed by atoms with Crippen LogP contribution in [-0.2, 0) is 11.3 Å². The Hall–Kier alpha value is -3.33. The fraction of sp³-hybridized carbons (Fsp3) is 0.385. The van der Waals surface area contributed by atoms with Crippen LogP contribution in [0.1, 0.15) is 39.7 Å². The van der Waals surface area contributed by atoms with E-state index in [-0.39, 0.29) is 23.6 Å². The van der Waals surface area contributed by atoms with Gasteiger partial charge in [0.25, 0.3) is 5.92 Å². The van der Waals surface area contributed by atoms with E-state index in [0.29, 0.717) is 34.1 Å². The van der Waals surface area contributed by atoms with Crippen LogP contribution in [-0.4, -0.2) is 33.4 Å². The number of H-pyrrole nitrogens is 1. The van der Waals surface area contributed by atoms with Crippen molar-refractivity contribution in [1.29, 1.82) is 0 Å². The largest absolute Gasteiger partial charge is 0.493 e. The van der Waals surface area contributed by atoms with Gasteiger partial charge in [0.1, 0.15) is 17.0 Å². The second kappa shape index (κ2) is 9.28. The first-order valence-corrected chi connectivity index (χ1v) is 11.8. The van der Waals surface area contributed by atoms with E-state index in [1.54, 1.807) is 42.5 Å². The molecule has 1 fully saturated rings. The molecule has 10 heteroatoms. The van der Waals surface area contributed by atoms with Crippen molar-refractivity contribution in [2.75, 3.05) is 6.61 Å². The van der Waals surface area contributed by atoms with Gasteiger partial charge in [0, 0.05) is 24.1 Å². The minimum atomic E-state index is -2.99. The van der Waals surface area contributed by atoms with Crippen molar-refractivity contribution in [2.24, 2.45) is 10.8 Å². The summed E-state index contributed by atoms with van der Waals surface area (Å²) in [7, 11) is 0. The van der Waals surface area contributed by atoms with Gasteiger partial charge in [-0.1, -0.05) is 38.4 Å². The van der Waals surface area contributed by atoms with Crippen molar-refractivity contribution >= 4 is 17.5 Å². The number of hydrogen-bond acceptors (Lipinski definition) is 5. The van der Waals surface area contributed by atoms with E-state index in [4.69, 9.17) is 16.3 Å². The average Bonchev–Trinajstić information content (AvgIpc) is 3.34. The monoisotopic (exact) mass is 516 g/mol. The van der Waals surface area contributed by atoms with Gasteiger partial charge in [0.15, 0.2) is 5.82 Å². The van der Waals surface area contributed by atoms with Crippen molar-refractivity contribution in [3.8, 4) is 28.5 Å². The number of nitrogens with zero attached hydrogens (tertiary/aromatic N) is 2. The molecule has 1 aromatic heterocycles. The van der Waals surface area contributed by atoms with Crippen molar-refractivity contribution < 1.29 is 18.3 Å². The lowest BCUT2D eigenvalue weighted by atomic mass is 9.99. The summed E-state index contributed by atoms with van der Waals surface area (Å²) in [5, 5.41) is 2.87. The van der Waals surface area contributed by atoms with E-state index < -0.39 is 29.4 Å². The molecule has 1 heterocycles. The predicted molar refractivity (Wildman–Crippen MR) is 133 cm³/mol. The normalized spacial score (nSPS) is 18.5. The van der Waals surface area contributed by atoms with Crippen LogP contribution in [0.2, 0.25) is 5.02 Å². The zero-order chi connectivity index (χ0) is 26.3. The van der Waals surface area contributed by atoms with Crippen LogP contribution in [0.5, 0.6) is 5.75 Å². The van der Waals surface area contributed by atoms with Crippen molar-refractivity contribution in [3.05, 3.63) is 63.5 Å². The van der Waals surface area contributed by atoms with Crippen LogP contribution in [0.4, 0.5) is 8.78 Å². The van der Waals surface area contributed by atoms with Gasteiger partial charge in [-0.2, -0.15) is 4.98 Å². The van der Waals surface area contributed by atoms with Crippen molar-refractivity contribution in [1.82, 2.24) is 20.3 Å². The number of aromatic amines is 1. The molecule has 36 heavy (non-hydrogen) atoms. The zero-order valence-electron chi connectivity index (χ0n) is 20.4. The second-order valence-electron chi connectivity index (χ2n) is 10.4. The molecule has 2 N–H and O–H groups in total. The van der Waals surface area contributed by atoms with Gasteiger partial charge in [-0.05, 0) is 54.3 Å². The topological polar surface area (TPSA) is 97.0 Å². The average molecular weight is 517 g/mol. The van der Waals surface area contributed by atoms with E-state index >= 15 is 0 Å². The van der Waals surface area contributed by atoms with Gasteiger partial charge < -0.3 is 10.1 Å². The molecule has 0 aliphatic heterocycles. The molecule has 1 saturated carbocycles. The Bertz CT molecular complexity index is 1350. The molecule has 1 atom stereocenters. The molecular weight excluding hydrogens is 490 g/mol. The fourth-order valence-corrected chi connectivity index (χ4v) is 3.74. The van der Waals surface area contributed by atoms with E-state index in [1.165, 1.54) is 6.92 Å². The Kier molecular flexibility index (Phi) is 6.64. The van der Waals surface area contributed by atoms with E-state index in [2.05, 4.69) is 41.0 Å². The molecule has 0 radical (unpaired) electrons. The Morgan fingerprint density at radius 3 is 2.44 bits per heavy atom. The summed E-state index contributed by atoms with van der Waals surface area (Å²) in [6.45, 7) is 8.04. The van der Waals surface area contributed by atoms with Crippen LogP contribution in [0.25, 0.3) is 22.8 Å². The number of nitrogens with one attached hydrogen (secondary N) is 2. The van der Waals surface area contributed by atoms with Gasteiger partial charge in [-0.3, -0.25) is 9.78 Å². The fourth-order valence-electron chi connectivity index (χ4n) is 3.53. The molecule has 1 unspecified atom stereocenters. The first kappa shape index (κ1) is 25.8. The number of carbonyl (C=O) groups excluding carboxylic acids is 1. The molecule has 0 saturated heterocycles. The third-order valence-corrected chi connectivity index (χ3v) is 6.26. The lowest BCUT2D eigenvalue weighted by molar-refractivity contribution is -0.129. The lowest BCUT2D eigenvalue weighted by Gasteiger charge is -2.18. The van der Waals surface area contributed by atoms with Crippen LogP contribution < -0.4 is 15.7 Å². The summed E-state index contributed by atoms with van der Waals surface area (Å²) in [5.74, 6) is -2.62. The van der Waals surface area contributed by atoms with Gasteiger partial charge >= 0.3 is 5.69 Å². The Morgan fingerprint density at radius 2 is 1.83 bits per heavy atom. The second-order valence-corrected chi connectivity index (χ2v) is 10.8. The van der Waals surface area contributed by atoms with Gasteiger partial charge in [0.05, 0.1) is 11.6 Å². The van der Waals surface area contributed by atoms with Gasteiger partial charge in [-0.15, -0.1) is 0 Å². The van der Waals surface area contributed by atoms with E-state index in [0.717, 1.165) is 0 Å². The highest BCUT2D eigenvalue weighted by Crippen LogP contribution is 2.60. The number of rotatable bonds is 7. The molecule has 1 aliphatic rings. The number of benzene rings is 2. The van der Waals surface area contributed by atoms with E-state index in [1.807, 2.05) is 0 Å². The highest BCUT2D eigenvalue weighted by atomic mass is 35.5. The minimum absolute atomic E-state index is 0.0148. The molecule has 7 nitrogen and oxygen atoms in total. The summed E-state index contributed by atoms with van der Waals surface area (Å²) in [5.41, 5.74) is -0.636. The van der Waals surface area contributed by atoms with Gasteiger partial charge in [-0.25, -0.2) is 18.6 Å². The molecule has 190 valence electrons. The highest BCUT2D eigenvalue weighted by Gasteiger charge is 2.72. The summed E-state index contributed by atoms with van der Waals surface area (Å²) >= 11 is 6.37. The third kappa shape index (κ3) is 5.56. The summed E-state index contributed by atoms with van der Waals surface area (Å²) in [6, 6.07) is 12.0. The molecule has 1 aliphatic carbocycles. The Balaban J connectivity index is 1.54. The lowest BCUT2D eigenvalue weighted by Crippen LogP contribution is -2.33. The number of alkyl halides is 2. The molecular formula is C26H27ClF2N4O3. The smallest absolute Gasteiger partial charge is 0.348 e. The predicted octanol–water partition coefficient (Wildman–Crippen LogP) is 5.24. The SMILES string of the molecule is CC(C)(C)COc1ccc(-c2nc(-c3cc(CNC(=O)C4(C)CC4(F)F)ccc3Cl)[nH]c(=O)n2)cc1. The summed E-state index contributed by atoms with van der Waals surface area (Å²) in [4.78, 5) is 35.6. The van der Waals surface area contributed by atoms with Gasteiger partial charge in [0.2, 0.25) is 5.91 Å². The van der Waals surface area contributed by atoms with E-state index in [9.17, 15) is 18.4 Å². The van der Waals surface area contributed by atoms with Crippen LogP contribution >= 0.6 is 11.6 Å². The maximum absolute atomic E-state index is 13.5. The number of halogens is 3. The van der Waals surface area contributed by atoms with Crippen LogP contribution in [0.15, 0.2) is 47.3 Å². The first-order chi connectivity index (χ1) is 16.8. The molecule has 2 aromatic carbocycles. The van der Waals surface area contributed by atoms with Crippen LogP contribution in [0, 0.1) is 10.8 Å². The summed E-state index contributed by atoms with van der Waals surface area (Å²) < 4.78 is 32.8. The molecule has 0 spiro atoms. The highest BCUT2D eigenvalue weighted by molar-refractivity contribution is 6.33. The molecule has 0 bridgehead atoms. The van der Waals surface area contributed by atoms with Crippen molar-refractivity contribution in [2.45, 2.75) is 46.6 Å². The summed E-state index contributed by atoms with van der Waals surface area (Å²) in [6.07, 6.45) is -0.466. The third-order valence-electron chi connectivity index (χ3n) is 5.93. The molecule has 3 aromatic rings. The molecule has 1 amide bonds. The Labute approximate surface area is 212 Å². The zero-order valence-corrected chi connectivity index (χ0v) is 21.2. The number of carbonyl (C=O) groups is 1. The minimum Gasteiger partial charge on any atom is -0.493 e. The number of hydrogen-bond donors (Lipinski definition) is 2. The Morgan fingerprint density at radius 1 is 1.17 bits per heavy atom. The molecule has 4 rings (SSSR count). The van der Waals surface area contributed by atoms with Crippen molar-refractivity contribution in [3.63, 3.8) is 0 Å². The number of aromatic nitrogens is 3. The maximum Gasteiger partial charge on any atom is 0.348 e. The number of ether oxygens (including phenoxy) is 1. The quantitative estimate of drug-likeness (QED) is 0.447. The first-order valence-electron chi connectivity index (χ1n) is 11.4. The maximum atomic E-state index is 13.5. The standard InChI is InChI=1S/C26H27ClF2N4O3/c1-24(2,3)14-36-17-8-6-16(7-9-17)20-31-21(33-23(35)32-20)18-11-15(5-10-19(18)27)12-30-22(34)25(4)13-26(25,28)29/h5-11H,12-14H2,1-4H3,(H,30,34)(H,31,32,33,35). The number of amides is 1.